The van der Waals surface area contributed by atoms with Gasteiger partial charge < -0.3 is 43.5 Å². The number of hydrogen-bond donors (Lipinski definition) is 2. The Morgan fingerprint density at radius 1 is 0.984 bits per heavy atom. The first kappa shape index (κ1) is 41.8. The van der Waals surface area contributed by atoms with Gasteiger partial charge in [-0.3, -0.25) is 19.4 Å². The van der Waals surface area contributed by atoms with Crippen LogP contribution in [0.2, 0.25) is 0 Å². The molecule has 11 rings (SSSR count). The first-order valence-corrected chi connectivity index (χ1v) is 22.0. The number of nitrogens with zero attached hydrogens (tertiary/aromatic N) is 4. The molecule has 4 bridgehead atoms. The molecule has 2 N–H and O–H groups in total. The molecule has 7 aliphatic heterocycles. The molecule has 0 saturated carbocycles. The van der Waals surface area contributed by atoms with Crippen LogP contribution in [0.4, 0.5) is 4.39 Å². The third-order valence-corrected chi connectivity index (χ3v) is 15.4. The van der Waals surface area contributed by atoms with Crippen molar-refractivity contribution in [2.24, 2.45) is 0 Å². The van der Waals surface area contributed by atoms with Crippen LogP contribution < -0.4 is 23.7 Å². The van der Waals surface area contributed by atoms with Crippen molar-refractivity contribution in [2.45, 2.75) is 74.6 Å². The Morgan fingerprint density at radius 2 is 1.73 bits per heavy atom. The Morgan fingerprint density at radius 3 is 2.44 bits per heavy atom. The van der Waals surface area contributed by atoms with Crippen LogP contribution in [-0.2, 0) is 32.7 Å². The van der Waals surface area contributed by atoms with Gasteiger partial charge in [0.05, 0.1) is 37.6 Å². The third kappa shape index (κ3) is 5.81. The number of carbonyl (C=O) groups excluding carboxylic acids is 3. The first-order chi connectivity index (χ1) is 30.7. The van der Waals surface area contributed by atoms with Crippen LogP contribution in [0, 0.1) is 31.0 Å². The predicted octanol–water partition coefficient (Wildman–Crippen LogP) is 5.68. The summed E-state index contributed by atoms with van der Waals surface area (Å²) in [6, 6.07) is 9.37. The SMILES string of the molecule is COc1cc2c(cc1O)CCN(C(=O)c1ccc(F)cc1)[C@]21CS[C@@H]2c3c(OC(C)=O)c(C)c4c(c3[C@H](COC1=O)N1[C@@H]2[C@@H]2c3c(cc(C)c(OC)c3O)C[C@@H]([C@@H]1C#N)N2C)OCO4. The molecule has 7 aliphatic rings. The molecule has 17 heteroatoms. The van der Waals surface area contributed by atoms with Crippen LogP contribution in [-0.4, -0.2) is 108 Å². The van der Waals surface area contributed by atoms with Crippen molar-refractivity contribution in [2.75, 3.05) is 47.0 Å². The quantitative estimate of drug-likeness (QED) is 0.189. The Hall–Kier alpha value is -6.22. The minimum atomic E-state index is -1.88. The molecule has 1 amide bonds. The largest absolute Gasteiger partial charge is 0.504 e. The molecule has 0 radical (unpaired) electrons. The van der Waals surface area contributed by atoms with E-state index in [1.165, 1.54) is 68.1 Å². The molecule has 4 aromatic rings. The molecule has 2 saturated heterocycles. The van der Waals surface area contributed by atoms with Gasteiger partial charge in [-0.2, -0.15) is 5.26 Å². The summed E-state index contributed by atoms with van der Waals surface area (Å²) >= 11 is 1.31. The smallest absolute Gasteiger partial charge is 0.337 e. The Kier molecular flexibility index (Phi) is 9.93. The second kappa shape index (κ2) is 15.2. The Labute approximate surface area is 372 Å². The topological polar surface area (TPSA) is 181 Å². The van der Waals surface area contributed by atoms with E-state index >= 15 is 4.79 Å². The average molecular weight is 893 g/mol. The maximum absolute atomic E-state index is 15.6. The number of rotatable bonds is 4. The minimum Gasteiger partial charge on any atom is -0.504 e. The lowest BCUT2D eigenvalue weighted by molar-refractivity contribution is -0.162. The molecule has 0 unspecified atom stereocenters. The van der Waals surface area contributed by atoms with Crippen molar-refractivity contribution < 1.29 is 57.4 Å². The number of piperazine rings is 1. The van der Waals surface area contributed by atoms with Crippen molar-refractivity contribution in [3.63, 3.8) is 0 Å². The number of hydrogen-bond acceptors (Lipinski definition) is 15. The van der Waals surface area contributed by atoms with Gasteiger partial charge in [0.15, 0.2) is 40.0 Å². The van der Waals surface area contributed by atoms with Gasteiger partial charge in [0.25, 0.3) is 5.91 Å². The van der Waals surface area contributed by atoms with Crippen molar-refractivity contribution in [3.8, 4) is 46.3 Å². The van der Waals surface area contributed by atoms with Crippen molar-refractivity contribution in [1.82, 2.24) is 14.7 Å². The van der Waals surface area contributed by atoms with Gasteiger partial charge in [0.2, 0.25) is 6.79 Å². The van der Waals surface area contributed by atoms with E-state index in [9.17, 15) is 29.5 Å². The molecule has 15 nitrogen and oxygen atoms in total. The highest BCUT2D eigenvalue weighted by Gasteiger charge is 2.63. The minimum absolute atomic E-state index is 0.0192. The fraction of sp³-hybridized carbons (Fsp3) is 0.404. The molecule has 64 heavy (non-hydrogen) atoms. The molecule has 0 aliphatic carbocycles. The zero-order chi connectivity index (χ0) is 45.1. The third-order valence-electron chi connectivity index (χ3n) is 14.0. The number of amides is 1. The average Bonchev–Trinajstić information content (AvgIpc) is 3.76. The van der Waals surface area contributed by atoms with E-state index in [1.54, 1.807) is 13.0 Å². The predicted molar refractivity (Wildman–Crippen MR) is 227 cm³/mol. The van der Waals surface area contributed by atoms with Crippen molar-refractivity contribution in [1.29, 1.82) is 5.26 Å². The molecule has 4 aromatic carbocycles. The van der Waals surface area contributed by atoms with Crippen molar-refractivity contribution >= 4 is 29.6 Å². The molecular formula is C47H45FN4O11S. The number of benzene rings is 4. The summed E-state index contributed by atoms with van der Waals surface area (Å²) in [6.07, 6.45) is 0.665. The molecule has 332 valence electrons. The van der Waals surface area contributed by atoms with Gasteiger partial charge in [0, 0.05) is 59.1 Å². The van der Waals surface area contributed by atoms with Crippen LogP contribution in [0.1, 0.15) is 79.1 Å². The highest BCUT2D eigenvalue weighted by molar-refractivity contribution is 7.99. The number of likely N-dealkylation sites (N-methyl/N-ethyl adjacent to an activating group) is 1. The van der Waals surface area contributed by atoms with Crippen LogP contribution >= 0.6 is 11.8 Å². The fourth-order valence-corrected chi connectivity index (χ4v) is 13.1. The highest BCUT2D eigenvalue weighted by Crippen LogP contribution is 2.65. The number of thioether (sulfide) groups is 1. The van der Waals surface area contributed by atoms with Crippen LogP contribution in [0.25, 0.3) is 0 Å². The summed E-state index contributed by atoms with van der Waals surface area (Å²) in [5.41, 5.74) is 3.02. The molecule has 1 spiro atoms. The van der Waals surface area contributed by atoms with Gasteiger partial charge in [-0.05, 0) is 92.4 Å². The van der Waals surface area contributed by atoms with E-state index in [1.807, 2.05) is 20.0 Å². The Balaban J connectivity index is 1.27. The monoisotopic (exact) mass is 892 g/mol. The summed E-state index contributed by atoms with van der Waals surface area (Å²) in [4.78, 5) is 49.3. The summed E-state index contributed by atoms with van der Waals surface area (Å²) in [6.45, 7) is 4.47. The Bertz CT molecular complexity index is 2730. The zero-order valence-electron chi connectivity index (χ0n) is 35.9. The van der Waals surface area contributed by atoms with Crippen LogP contribution in [0.15, 0.2) is 42.5 Å². The first-order valence-electron chi connectivity index (χ1n) is 20.9. The number of phenolic OH excluding ortho intramolecular Hbond substituents is 2. The maximum Gasteiger partial charge on any atom is 0.337 e. The number of halogens is 1. The lowest BCUT2D eigenvalue weighted by Crippen LogP contribution is -2.69. The van der Waals surface area contributed by atoms with E-state index in [0.29, 0.717) is 57.1 Å². The summed E-state index contributed by atoms with van der Waals surface area (Å²) in [5, 5.41) is 33.8. The maximum atomic E-state index is 15.6. The van der Waals surface area contributed by atoms with E-state index in [4.69, 9.17) is 28.4 Å². The number of aryl methyl sites for hydroxylation is 1. The number of methoxy groups -OCH3 is 2. The van der Waals surface area contributed by atoms with Gasteiger partial charge >= 0.3 is 11.9 Å². The van der Waals surface area contributed by atoms with E-state index in [0.717, 1.165) is 11.1 Å². The summed E-state index contributed by atoms with van der Waals surface area (Å²) in [7, 11) is 4.82. The highest BCUT2D eigenvalue weighted by atomic mass is 32.2. The van der Waals surface area contributed by atoms with E-state index in [2.05, 4.69) is 15.9 Å². The number of phenols is 2. The number of fused-ring (bicyclic) bond motifs is 9. The summed E-state index contributed by atoms with van der Waals surface area (Å²) in [5.74, 6) is -1.48. The number of aromatic hydroxyl groups is 2. The van der Waals surface area contributed by atoms with Gasteiger partial charge in [-0.25, -0.2) is 9.18 Å². The molecule has 7 atom stereocenters. The molecule has 2 fully saturated rings. The van der Waals surface area contributed by atoms with Gasteiger partial charge in [0.1, 0.15) is 24.2 Å². The lowest BCUT2D eigenvalue weighted by Gasteiger charge is -2.62. The van der Waals surface area contributed by atoms with Gasteiger partial charge in [-0.15, -0.1) is 11.8 Å². The molecule has 7 heterocycles. The van der Waals surface area contributed by atoms with Crippen LogP contribution in [0.3, 0.4) is 0 Å². The lowest BCUT2D eigenvalue weighted by atomic mass is 9.71. The normalized spacial score (nSPS) is 26.5. The van der Waals surface area contributed by atoms with Crippen LogP contribution in [0.5, 0.6) is 40.2 Å². The second-order valence-corrected chi connectivity index (χ2v) is 18.2. The number of nitriles is 1. The molecule has 0 aromatic heterocycles. The fourth-order valence-electron chi connectivity index (χ4n) is 11.3. The number of ether oxygens (including phenoxy) is 6. The van der Waals surface area contributed by atoms with E-state index in [-0.39, 0.29) is 66.7 Å². The number of carbonyl (C=O) groups is 3. The molecular weight excluding hydrogens is 848 g/mol. The van der Waals surface area contributed by atoms with Gasteiger partial charge in [-0.1, -0.05) is 6.07 Å². The van der Waals surface area contributed by atoms with Crippen molar-refractivity contribution in [3.05, 3.63) is 98.4 Å². The number of esters is 2. The summed E-state index contributed by atoms with van der Waals surface area (Å²) < 4.78 is 50.7. The second-order valence-electron chi connectivity index (χ2n) is 17.1. The zero-order valence-corrected chi connectivity index (χ0v) is 36.7. The van der Waals surface area contributed by atoms with E-state index < -0.39 is 58.6 Å². The standard InChI is InChI=1S/C47H45FN4O11S/c1-21-13-26-14-29-30(17-49)52-31-18-60-46(57)47(28-16-33(58-5)32(54)15-25(28)11-12-51(47)45(56)24-7-9-27(48)10-8-24)19-64-44(38(52)37(50(29)4)34(26)39(55)40(21)59-6)36-35(31)43-42(61-20-62-43)22(2)41(36)63-23(3)53/h7-10,13,15-16,29-31,37-38,44,54-55H,11-12,14,18-20H2,1-6H3/t29-,30-,31-,37-,38+,44+,47+/m0/s1.